The predicted molar refractivity (Wildman–Crippen MR) is 61.5 cm³/mol. The predicted octanol–water partition coefficient (Wildman–Crippen LogP) is 2.18. The summed E-state index contributed by atoms with van der Waals surface area (Å²) in [4.78, 5) is 5.60. The van der Waals surface area contributed by atoms with Gasteiger partial charge in [-0.3, -0.25) is 4.99 Å². The fraction of sp³-hybridized carbons (Fsp3) is 0.800. The first-order chi connectivity index (χ1) is 6.06. The van der Waals surface area contributed by atoms with Crippen LogP contribution in [0.2, 0.25) is 0 Å². The summed E-state index contributed by atoms with van der Waals surface area (Å²) in [5.41, 5.74) is 0. The zero-order chi connectivity index (χ0) is 10.0. The summed E-state index contributed by atoms with van der Waals surface area (Å²) < 4.78 is 0. The molecule has 0 bridgehead atoms. The van der Waals surface area contributed by atoms with Crippen molar-refractivity contribution in [1.82, 2.24) is 5.32 Å². The lowest BCUT2D eigenvalue weighted by Gasteiger charge is -2.33. The Morgan fingerprint density at radius 1 is 1.54 bits per heavy atom. The van der Waals surface area contributed by atoms with Crippen LogP contribution < -0.4 is 5.32 Å². The van der Waals surface area contributed by atoms with E-state index in [4.69, 9.17) is 12.2 Å². The van der Waals surface area contributed by atoms with Crippen molar-refractivity contribution in [1.29, 1.82) is 0 Å². The van der Waals surface area contributed by atoms with Crippen LogP contribution in [0.1, 0.15) is 34.1 Å². The molecule has 1 heterocycles. The lowest BCUT2D eigenvalue weighted by Crippen LogP contribution is -2.48. The molecule has 3 heteroatoms. The maximum Gasteiger partial charge on any atom is 0.0970 e. The number of hydrogen-bond acceptors (Lipinski definition) is 3. The minimum Gasteiger partial charge on any atom is -0.371 e. The average molecular weight is 198 g/mol. The summed E-state index contributed by atoms with van der Waals surface area (Å²) in [6, 6.07) is 0.719. The molecule has 0 spiro atoms. The molecule has 0 aliphatic carbocycles. The van der Waals surface area contributed by atoms with Gasteiger partial charge in [-0.2, -0.15) is 0 Å². The Morgan fingerprint density at radius 2 is 2.15 bits per heavy atom. The highest BCUT2D eigenvalue weighted by Crippen LogP contribution is 2.18. The fourth-order valence-electron chi connectivity index (χ4n) is 1.64. The van der Waals surface area contributed by atoms with Gasteiger partial charge in [0.15, 0.2) is 0 Å². The molecule has 1 N–H and O–H groups in total. The third kappa shape index (κ3) is 2.27. The second-order valence-corrected chi connectivity index (χ2v) is 4.42. The lowest BCUT2D eigenvalue weighted by atomic mass is 9.91. The van der Waals surface area contributed by atoms with E-state index in [1.165, 1.54) is 0 Å². The standard InChI is InChI=1S/C10H18N2S/c1-5-9-11-7(3)6(2)10(12-9)8(4)13/h6-7,10H,5H2,1-4H3,(H,11,12). The molecular weight excluding hydrogens is 180 g/mol. The summed E-state index contributed by atoms with van der Waals surface area (Å²) in [6.45, 7) is 8.50. The monoisotopic (exact) mass is 198 g/mol. The largest absolute Gasteiger partial charge is 0.371 e. The van der Waals surface area contributed by atoms with Crippen LogP contribution in [0.4, 0.5) is 0 Å². The summed E-state index contributed by atoms with van der Waals surface area (Å²) >= 11 is 5.21. The Balaban J connectivity index is 2.85. The Morgan fingerprint density at radius 3 is 2.62 bits per heavy atom. The zero-order valence-corrected chi connectivity index (χ0v) is 9.61. The van der Waals surface area contributed by atoms with Gasteiger partial charge in [0.2, 0.25) is 0 Å². The summed E-state index contributed by atoms with van der Waals surface area (Å²) in [5, 5.41) is 3.39. The van der Waals surface area contributed by atoms with E-state index in [2.05, 4.69) is 31.1 Å². The molecule has 0 aromatic rings. The first-order valence-electron chi connectivity index (χ1n) is 4.90. The van der Waals surface area contributed by atoms with Crippen molar-refractivity contribution in [3.05, 3.63) is 0 Å². The smallest absolute Gasteiger partial charge is 0.0970 e. The third-order valence-corrected chi connectivity index (χ3v) is 2.97. The van der Waals surface area contributed by atoms with Gasteiger partial charge in [0.05, 0.1) is 11.9 Å². The highest BCUT2D eigenvalue weighted by molar-refractivity contribution is 7.80. The van der Waals surface area contributed by atoms with E-state index >= 15 is 0 Å². The van der Waals surface area contributed by atoms with Gasteiger partial charge < -0.3 is 5.32 Å². The molecule has 0 amide bonds. The van der Waals surface area contributed by atoms with Gasteiger partial charge in [-0.1, -0.05) is 26.1 Å². The van der Waals surface area contributed by atoms with Crippen molar-refractivity contribution < 1.29 is 0 Å². The molecule has 2 nitrogen and oxygen atoms in total. The molecular formula is C10H18N2S. The van der Waals surface area contributed by atoms with E-state index in [-0.39, 0.29) is 6.04 Å². The van der Waals surface area contributed by atoms with Crippen LogP contribution in [0.3, 0.4) is 0 Å². The van der Waals surface area contributed by atoms with Crippen molar-refractivity contribution >= 4 is 22.9 Å². The van der Waals surface area contributed by atoms with E-state index in [0.29, 0.717) is 12.0 Å². The van der Waals surface area contributed by atoms with Gasteiger partial charge in [0.1, 0.15) is 0 Å². The van der Waals surface area contributed by atoms with Gasteiger partial charge in [-0.05, 0) is 13.8 Å². The van der Waals surface area contributed by atoms with Crippen molar-refractivity contribution in [3.63, 3.8) is 0 Å². The average Bonchev–Trinajstić information content (AvgIpc) is 2.09. The van der Waals surface area contributed by atoms with Crippen LogP contribution in [0.5, 0.6) is 0 Å². The molecule has 13 heavy (non-hydrogen) atoms. The molecule has 0 aromatic carbocycles. The number of nitrogens with one attached hydrogen (secondary N) is 1. The summed E-state index contributed by atoms with van der Waals surface area (Å²) in [6.07, 6.45) is 0.968. The maximum absolute atomic E-state index is 5.21. The van der Waals surface area contributed by atoms with Crippen LogP contribution in [0.25, 0.3) is 0 Å². The number of thiocarbonyl (C=S) groups is 1. The molecule has 0 aromatic heterocycles. The van der Waals surface area contributed by atoms with Gasteiger partial charge in [0, 0.05) is 23.2 Å². The number of hydrogen-bond donors (Lipinski definition) is 1. The van der Waals surface area contributed by atoms with E-state index in [1.807, 2.05) is 6.92 Å². The molecule has 3 unspecified atom stereocenters. The van der Waals surface area contributed by atoms with E-state index in [1.54, 1.807) is 0 Å². The van der Waals surface area contributed by atoms with Crippen LogP contribution in [0.15, 0.2) is 4.99 Å². The first kappa shape index (κ1) is 10.6. The second kappa shape index (κ2) is 4.18. The lowest BCUT2D eigenvalue weighted by molar-refractivity contribution is 0.403. The topological polar surface area (TPSA) is 24.4 Å². The Bertz CT molecular complexity index is 235. The molecule has 1 rings (SSSR count). The number of amidine groups is 1. The van der Waals surface area contributed by atoms with Gasteiger partial charge in [-0.25, -0.2) is 0 Å². The molecule has 1 aliphatic rings. The highest BCUT2D eigenvalue weighted by atomic mass is 32.1. The molecule has 3 atom stereocenters. The molecule has 0 saturated heterocycles. The van der Waals surface area contributed by atoms with Gasteiger partial charge in [0.25, 0.3) is 0 Å². The number of aliphatic imine (C=N–C) groups is 1. The number of nitrogens with zero attached hydrogens (tertiary/aromatic N) is 1. The molecule has 74 valence electrons. The Labute approximate surface area is 85.8 Å². The Hall–Kier alpha value is -0.440. The SMILES string of the molecule is CCC1=NC(C(C)=S)C(C)C(C)N1. The normalized spacial score (nSPS) is 33.5. The zero-order valence-electron chi connectivity index (χ0n) is 8.79. The molecule has 0 fully saturated rings. The molecule has 0 saturated carbocycles. The minimum absolute atomic E-state index is 0.237. The highest BCUT2D eigenvalue weighted by Gasteiger charge is 2.28. The maximum atomic E-state index is 5.21. The van der Waals surface area contributed by atoms with Crippen molar-refractivity contribution in [2.75, 3.05) is 0 Å². The van der Waals surface area contributed by atoms with Crippen molar-refractivity contribution in [3.8, 4) is 0 Å². The molecule has 0 radical (unpaired) electrons. The van der Waals surface area contributed by atoms with Crippen LogP contribution in [-0.2, 0) is 0 Å². The van der Waals surface area contributed by atoms with Crippen LogP contribution in [-0.4, -0.2) is 22.8 Å². The van der Waals surface area contributed by atoms with Crippen molar-refractivity contribution in [2.24, 2.45) is 10.9 Å². The van der Waals surface area contributed by atoms with Crippen LogP contribution in [0, 0.1) is 5.92 Å². The van der Waals surface area contributed by atoms with Gasteiger partial charge >= 0.3 is 0 Å². The first-order valence-corrected chi connectivity index (χ1v) is 5.30. The summed E-state index contributed by atoms with van der Waals surface area (Å²) in [7, 11) is 0. The van der Waals surface area contributed by atoms with E-state index in [0.717, 1.165) is 17.1 Å². The quantitative estimate of drug-likeness (QED) is 0.688. The molecule has 1 aliphatic heterocycles. The second-order valence-electron chi connectivity index (χ2n) is 3.78. The Kier molecular flexibility index (Phi) is 3.42. The minimum atomic E-state index is 0.237. The van der Waals surface area contributed by atoms with Crippen LogP contribution >= 0.6 is 12.2 Å². The fourth-order valence-corrected chi connectivity index (χ4v) is 1.91. The van der Waals surface area contributed by atoms with E-state index < -0.39 is 0 Å². The summed E-state index contributed by atoms with van der Waals surface area (Å²) in [5.74, 6) is 1.60. The van der Waals surface area contributed by atoms with E-state index in [9.17, 15) is 0 Å². The number of rotatable bonds is 2. The van der Waals surface area contributed by atoms with Gasteiger partial charge in [-0.15, -0.1) is 0 Å². The van der Waals surface area contributed by atoms with Crippen molar-refractivity contribution in [2.45, 2.75) is 46.2 Å². The third-order valence-electron chi connectivity index (χ3n) is 2.73.